The SMILES string of the molecule is COc1ccc2cc(C(=O)Oc3cccc4ccc(C)nc34)c(=O)oc2c1. The Balaban J connectivity index is 1.74. The van der Waals surface area contributed by atoms with E-state index in [4.69, 9.17) is 13.9 Å². The van der Waals surface area contributed by atoms with Crippen LogP contribution in [0.1, 0.15) is 16.1 Å². The van der Waals surface area contributed by atoms with Crippen molar-refractivity contribution in [3.05, 3.63) is 76.3 Å². The summed E-state index contributed by atoms with van der Waals surface area (Å²) < 4.78 is 15.8. The third kappa shape index (κ3) is 3.13. The highest BCUT2D eigenvalue weighted by atomic mass is 16.5. The van der Waals surface area contributed by atoms with E-state index in [-0.39, 0.29) is 11.3 Å². The smallest absolute Gasteiger partial charge is 0.351 e. The number of hydrogen-bond acceptors (Lipinski definition) is 6. The maximum absolute atomic E-state index is 12.6. The van der Waals surface area contributed by atoms with E-state index in [0.717, 1.165) is 11.1 Å². The van der Waals surface area contributed by atoms with Gasteiger partial charge in [-0.05, 0) is 37.3 Å². The Morgan fingerprint density at radius 2 is 1.85 bits per heavy atom. The molecule has 6 heteroatoms. The van der Waals surface area contributed by atoms with Crippen molar-refractivity contribution in [2.24, 2.45) is 0 Å². The van der Waals surface area contributed by atoms with Gasteiger partial charge in [0.15, 0.2) is 5.75 Å². The fourth-order valence-electron chi connectivity index (χ4n) is 2.82. The molecule has 0 radical (unpaired) electrons. The van der Waals surface area contributed by atoms with Gasteiger partial charge in [0.1, 0.15) is 22.4 Å². The van der Waals surface area contributed by atoms with Crippen molar-refractivity contribution < 1.29 is 18.7 Å². The molecule has 2 aromatic heterocycles. The van der Waals surface area contributed by atoms with Gasteiger partial charge < -0.3 is 13.9 Å². The number of nitrogens with zero attached hydrogens (tertiary/aromatic N) is 1. The molecule has 2 heterocycles. The topological polar surface area (TPSA) is 78.6 Å². The van der Waals surface area contributed by atoms with Crippen LogP contribution >= 0.6 is 0 Å². The number of carbonyl (C=O) groups excluding carboxylic acids is 1. The van der Waals surface area contributed by atoms with Crippen LogP contribution in [0.2, 0.25) is 0 Å². The summed E-state index contributed by atoms with van der Waals surface area (Å²) in [5, 5.41) is 1.43. The minimum atomic E-state index is -0.794. The van der Waals surface area contributed by atoms with Gasteiger partial charge in [0.05, 0.1) is 7.11 Å². The van der Waals surface area contributed by atoms with Crippen molar-refractivity contribution in [2.75, 3.05) is 7.11 Å². The van der Waals surface area contributed by atoms with Crippen LogP contribution in [0.4, 0.5) is 0 Å². The number of pyridine rings is 1. The van der Waals surface area contributed by atoms with E-state index < -0.39 is 11.6 Å². The normalized spacial score (nSPS) is 10.9. The number of esters is 1. The number of ether oxygens (including phenoxy) is 2. The molecule has 0 aliphatic heterocycles. The minimum absolute atomic E-state index is 0.183. The lowest BCUT2D eigenvalue weighted by Gasteiger charge is -2.08. The molecule has 0 saturated heterocycles. The highest BCUT2D eigenvalue weighted by Crippen LogP contribution is 2.25. The Kier molecular flexibility index (Phi) is 4.08. The number of rotatable bonds is 3. The van der Waals surface area contributed by atoms with E-state index in [1.165, 1.54) is 13.2 Å². The lowest BCUT2D eigenvalue weighted by atomic mass is 10.1. The lowest BCUT2D eigenvalue weighted by molar-refractivity contribution is 0.0732. The molecule has 134 valence electrons. The molecule has 0 aliphatic rings. The first-order valence-corrected chi connectivity index (χ1v) is 8.25. The van der Waals surface area contributed by atoms with Gasteiger partial charge in [-0.15, -0.1) is 0 Å². The van der Waals surface area contributed by atoms with Gasteiger partial charge in [-0.1, -0.05) is 18.2 Å². The van der Waals surface area contributed by atoms with E-state index in [2.05, 4.69) is 4.98 Å². The monoisotopic (exact) mass is 361 g/mol. The second-order valence-electron chi connectivity index (χ2n) is 6.02. The fourth-order valence-corrected chi connectivity index (χ4v) is 2.82. The predicted octanol–water partition coefficient (Wildman–Crippen LogP) is 3.88. The minimum Gasteiger partial charge on any atom is -0.497 e. The van der Waals surface area contributed by atoms with Crippen LogP contribution in [0.3, 0.4) is 0 Å². The number of methoxy groups -OCH3 is 1. The maximum atomic E-state index is 12.6. The molecule has 6 nitrogen and oxygen atoms in total. The first-order valence-electron chi connectivity index (χ1n) is 8.25. The molecule has 0 saturated carbocycles. The fraction of sp³-hybridized carbons (Fsp3) is 0.0952. The van der Waals surface area contributed by atoms with Crippen molar-refractivity contribution in [3.63, 3.8) is 0 Å². The summed E-state index contributed by atoms with van der Waals surface area (Å²) in [6.07, 6.45) is 0. The van der Waals surface area contributed by atoms with Gasteiger partial charge in [0.2, 0.25) is 0 Å². The van der Waals surface area contributed by atoms with E-state index >= 15 is 0 Å². The summed E-state index contributed by atoms with van der Waals surface area (Å²) in [6, 6.07) is 15.5. The molecule has 0 aliphatic carbocycles. The first-order chi connectivity index (χ1) is 13.0. The Labute approximate surface area is 154 Å². The summed E-state index contributed by atoms with van der Waals surface area (Å²) in [5.74, 6) is 0.0471. The van der Waals surface area contributed by atoms with Gasteiger partial charge in [0, 0.05) is 22.5 Å². The molecule has 0 spiro atoms. The Hall–Kier alpha value is -3.67. The molecule has 0 fully saturated rings. The van der Waals surface area contributed by atoms with Crippen LogP contribution in [0.5, 0.6) is 11.5 Å². The molecule has 0 unspecified atom stereocenters. The number of carbonyl (C=O) groups is 1. The molecule has 27 heavy (non-hydrogen) atoms. The van der Waals surface area contributed by atoms with Crippen molar-refractivity contribution >= 4 is 27.8 Å². The van der Waals surface area contributed by atoms with E-state index in [1.54, 1.807) is 30.3 Å². The molecule has 4 rings (SSSR count). The summed E-state index contributed by atoms with van der Waals surface area (Å²) in [7, 11) is 1.52. The third-order valence-electron chi connectivity index (χ3n) is 4.19. The zero-order chi connectivity index (χ0) is 19.0. The van der Waals surface area contributed by atoms with Gasteiger partial charge in [-0.25, -0.2) is 14.6 Å². The van der Waals surface area contributed by atoms with Crippen LogP contribution in [-0.4, -0.2) is 18.1 Å². The first kappa shape index (κ1) is 16.8. The summed E-state index contributed by atoms with van der Waals surface area (Å²) in [4.78, 5) is 29.3. The Bertz CT molecular complexity index is 1240. The van der Waals surface area contributed by atoms with Crippen LogP contribution < -0.4 is 15.1 Å². The van der Waals surface area contributed by atoms with Crippen LogP contribution in [0.15, 0.2) is 63.8 Å². The number of benzene rings is 2. The maximum Gasteiger partial charge on any atom is 0.351 e. The van der Waals surface area contributed by atoms with Crippen molar-refractivity contribution in [1.82, 2.24) is 4.98 Å². The summed E-state index contributed by atoms with van der Waals surface area (Å²) >= 11 is 0. The number of aryl methyl sites for hydroxylation is 1. The van der Waals surface area contributed by atoms with Crippen LogP contribution in [-0.2, 0) is 0 Å². The molecule has 4 aromatic rings. The van der Waals surface area contributed by atoms with E-state index in [1.807, 2.05) is 25.1 Å². The molecule has 0 bridgehead atoms. The second kappa shape index (κ2) is 6.57. The number of fused-ring (bicyclic) bond motifs is 2. The number of hydrogen-bond donors (Lipinski definition) is 0. The van der Waals surface area contributed by atoms with Crippen molar-refractivity contribution in [1.29, 1.82) is 0 Å². The summed E-state index contributed by atoms with van der Waals surface area (Å²) in [5.41, 5.74) is 0.728. The lowest BCUT2D eigenvalue weighted by Crippen LogP contribution is -2.19. The largest absolute Gasteiger partial charge is 0.497 e. The molecular formula is C21H15NO5. The van der Waals surface area contributed by atoms with Crippen molar-refractivity contribution in [3.8, 4) is 11.5 Å². The molecular weight excluding hydrogens is 346 g/mol. The average Bonchev–Trinajstić information content (AvgIpc) is 2.67. The van der Waals surface area contributed by atoms with Gasteiger partial charge in [-0.2, -0.15) is 0 Å². The van der Waals surface area contributed by atoms with Crippen LogP contribution in [0.25, 0.3) is 21.9 Å². The Morgan fingerprint density at radius 3 is 2.67 bits per heavy atom. The predicted molar refractivity (Wildman–Crippen MR) is 100 cm³/mol. The third-order valence-corrected chi connectivity index (χ3v) is 4.19. The highest BCUT2D eigenvalue weighted by Gasteiger charge is 2.18. The van der Waals surface area contributed by atoms with E-state index in [9.17, 15) is 9.59 Å². The zero-order valence-corrected chi connectivity index (χ0v) is 14.7. The Morgan fingerprint density at radius 1 is 1.04 bits per heavy atom. The number of aromatic nitrogens is 1. The zero-order valence-electron chi connectivity index (χ0n) is 14.7. The van der Waals surface area contributed by atoms with Gasteiger partial charge in [-0.3, -0.25) is 0 Å². The quantitative estimate of drug-likeness (QED) is 0.313. The van der Waals surface area contributed by atoms with Gasteiger partial charge in [0.25, 0.3) is 0 Å². The molecule has 2 aromatic carbocycles. The highest BCUT2D eigenvalue weighted by molar-refractivity contribution is 5.96. The molecule has 0 amide bonds. The van der Waals surface area contributed by atoms with Gasteiger partial charge >= 0.3 is 11.6 Å². The van der Waals surface area contributed by atoms with Crippen LogP contribution in [0, 0.1) is 6.92 Å². The molecule has 0 atom stereocenters. The van der Waals surface area contributed by atoms with Crippen molar-refractivity contribution in [2.45, 2.75) is 6.92 Å². The summed E-state index contributed by atoms with van der Waals surface area (Å²) in [6.45, 7) is 1.85. The standard InChI is InChI=1S/C21H15NO5/c1-12-6-7-13-4-3-5-17(19(13)22-12)26-20(23)16-10-14-8-9-15(25-2)11-18(14)27-21(16)24/h3-11H,1-2H3. The van der Waals surface area contributed by atoms with E-state index in [0.29, 0.717) is 22.2 Å². The average molecular weight is 361 g/mol. The molecule has 0 N–H and O–H groups in total. The second-order valence-corrected chi connectivity index (χ2v) is 6.02. The number of para-hydroxylation sites is 1.